The number of anilines is 1. The van der Waals surface area contributed by atoms with E-state index in [1.807, 2.05) is 38.1 Å². The Morgan fingerprint density at radius 3 is 2.54 bits per heavy atom. The summed E-state index contributed by atoms with van der Waals surface area (Å²) in [5.41, 5.74) is 1.15. The van der Waals surface area contributed by atoms with Crippen molar-refractivity contribution < 1.29 is 18.3 Å². The summed E-state index contributed by atoms with van der Waals surface area (Å²) in [6.45, 7) is 2.73. The largest absolute Gasteiger partial charge is 0.484 e. The Hall–Kier alpha value is -2.58. The predicted molar refractivity (Wildman–Crippen MR) is 107 cm³/mol. The van der Waals surface area contributed by atoms with Gasteiger partial charge in [-0.25, -0.2) is 13.8 Å². The molecule has 0 aliphatic rings. The van der Waals surface area contributed by atoms with Gasteiger partial charge in [0.25, 0.3) is 5.91 Å². The van der Waals surface area contributed by atoms with Crippen LogP contribution in [0.1, 0.15) is 5.56 Å². The average molecular weight is 405 g/mol. The molecule has 1 heterocycles. The fourth-order valence-electron chi connectivity index (χ4n) is 2.55. The molecule has 2 aromatic carbocycles. The maximum absolute atomic E-state index is 14.0. The van der Waals surface area contributed by atoms with E-state index in [2.05, 4.69) is 4.98 Å². The maximum Gasteiger partial charge on any atom is 0.266 e. The third-order valence-electron chi connectivity index (χ3n) is 4.09. The van der Waals surface area contributed by atoms with Crippen LogP contribution in [-0.2, 0) is 4.79 Å². The fourth-order valence-corrected chi connectivity index (χ4v) is 3.59. The maximum atomic E-state index is 14.0. The number of benzene rings is 2. The number of hydrogen-bond acceptors (Lipinski definition) is 5. The molecule has 0 atom stereocenters. The van der Waals surface area contributed by atoms with Gasteiger partial charge in [0.2, 0.25) is 0 Å². The fraction of sp³-hybridized carbons (Fsp3) is 0.300. The summed E-state index contributed by atoms with van der Waals surface area (Å²) in [7, 11) is 3.78. The smallest absolute Gasteiger partial charge is 0.266 e. The van der Waals surface area contributed by atoms with E-state index in [1.165, 1.54) is 11.0 Å². The first-order valence-electron chi connectivity index (χ1n) is 8.73. The van der Waals surface area contributed by atoms with Crippen molar-refractivity contribution in [1.29, 1.82) is 0 Å². The van der Waals surface area contributed by atoms with Crippen molar-refractivity contribution in [1.82, 2.24) is 9.88 Å². The number of thiazole rings is 1. The van der Waals surface area contributed by atoms with E-state index in [0.717, 1.165) is 23.0 Å². The molecule has 0 saturated carbocycles. The highest BCUT2D eigenvalue weighted by atomic mass is 32.1. The number of hydrogen-bond donors (Lipinski definition) is 0. The van der Waals surface area contributed by atoms with E-state index < -0.39 is 11.6 Å². The number of aromatic nitrogens is 1. The molecule has 0 N–H and O–H groups in total. The number of rotatable bonds is 7. The van der Waals surface area contributed by atoms with Crippen LogP contribution in [0.25, 0.3) is 10.2 Å². The van der Waals surface area contributed by atoms with Gasteiger partial charge in [-0.05, 0) is 39.2 Å². The zero-order valence-corrected chi connectivity index (χ0v) is 16.7. The van der Waals surface area contributed by atoms with Crippen LogP contribution in [0.5, 0.6) is 5.75 Å². The van der Waals surface area contributed by atoms with Crippen molar-refractivity contribution in [2.24, 2.45) is 0 Å². The standard InChI is InChI=1S/C20H21F2N3O2S/c1-13-4-6-15(7-5-13)27-12-18(26)25(9-8-24(2)3)20-23-19-16(22)10-14(21)11-17(19)28-20/h4-7,10-11H,8-9,12H2,1-3H3. The molecular formula is C20H21F2N3O2S. The number of amides is 1. The van der Waals surface area contributed by atoms with Gasteiger partial charge in [-0.3, -0.25) is 9.69 Å². The second-order valence-electron chi connectivity index (χ2n) is 6.68. The molecule has 0 bridgehead atoms. The van der Waals surface area contributed by atoms with Crippen LogP contribution >= 0.6 is 11.3 Å². The van der Waals surface area contributed by atoms with Gasteiger partial charge in [-0.1, -0.05) is 29.0 Å². The molecule has 3 rings (SSSR count). The minimum absolute atomic E-state index is 0.0588. The van der Waals surface area contributed by atoms with E-state index in [1.54, 1.807) is 12.1 Å². The van der Waals surface area contributed by atoms with Crippen molar-refractivity contribution in [3.63, 3.8) is 0 Å². The van der Waals surface area contributed by atoms with Crippen LogP contribution in [0.2, 0.25) is 0 Å². The normalized spacial score (nSPS) is 11.2. The predicted octanol–water partition coefficient (Wildman–Crippen LogP) is 3.86. The first kappa shape index (κ1) is 20.2. The Bertz CT molecular complexity index is 973. The highest BCUT2D eigenvalue weighted by Gasteiger charge is 2.22. The summed E-state index contributed by atoms with van der Waals surface area (Å²) in [6.07, 6.45) is 0. The summed E-state index contributed by atoms with van der Waals surface area (Å²) in [6, 6.07) is 9.39. The van der Waals surface area contributed by atoms with E-state index in [0.29, 0.717) is 28.7 Å². The van der Waals surface area contributed by atoms with E-state index in [4.69, 9.17) is 4.74 Å². The number of ether oxygens (including phenoxy) is 1. The summed E-state index contributed by atoms with van der Waals surface area (Å²) in [4.78, 5) is 20.4. The Balaban J connectivity index is 1.82. The number of carbonyl (C=O) groups excluding carboxylic acids is 1. The van der Waals surface area contributed by atoms with Gasteiger partial charge in [0, 0.05) is 19.2 Å². The number of aryl methyl sites for hydroxylation is 1. The zero-order chi connectivity index (χ0) is 20.3. The molecule has 1 aromatic heterocycles. The second-order valence-corrected chi connectivity index (χ2v) is 7.69. The molecule has 0 radical (unpaired) electrons. The lowest BCUT2D eigenvalue weighted by Gasteiger charge is -2.22. The molecule has 0 fully saturated rings. The first-order chi connectivity index (χ1) is 13.3. The van der Waals surface area contributed by atoms with Gasteiger partial charge >= 0.3 is 0 Å². The van der Waals surface area contributed by atoms with Crippen molar-refractivity contribution in [2.75, 3.05) is 38.7 Å². The lowest BCUT2D eigenvalue weighted by molar-refractivity contribution is -0.120. The Kier molecular flexibility index (Phi) is 6.21. The summed E-state index contributed by atoms with van der Waals surface area (Å²) in [5, 5.41) is 0.318. The molecule has 0 aliphatic carbocycles. The highest BCUT2D eigenvalue weighted by Crippen LogP contribution is 2.31. The number of likely N-dealkylation sites (N-methyl/N-ethyl adjacent to an activating group) is 1. The van der Waals surface area contributed by atoms with E-state index in [9.17, 15) is 13.6 Å². The molecule has 0 saturated heterocycles. The topological polar surface area (TPSA) is 45.7 Å². The minimum Gasteiger partial charge on any atom is -0.484 e. The molecule has 8 heteroatoms. The van der Waals surface area contributed by atoms with Crippen LogP contribution in [-0.4, -0.2) is 49.6 Å². The quantitative estimate of drug-likeness (QED) is 0.599. The molecule has 28 heavy (non-hydrogen) atoms. The van der Waals surface area contributed by atoms with Crippen LogP contribution in [0.4, 0.5) is 13.9 Å². The van der Waals surface area contributed by atoms with Crippen molar-refractivity contribution >= 4 is 32.6 Å². The second kappa shape index (κ2) is 8.62. The van der Waals surface area contributed by atoms with E-state index >= 15 is 0 Å². The Morgan fingerprint density at radius 1 is 1.14 bits per heavy atom. The molecule has 0 unspecified atom stereocenters. The van der Waals surface area contributed by atoms with Crippen molar-refractivity contribution in [3.8, 4) is 5.75 Å². The first-order valence-corrected chi connectivity index (χ1v) is 9.55. The van der Waals surface area contributed by atoms with Gasteiger partial charge in [0.15, 0.2) is 17.6 Å². The minimum atomic E-state index is -0.742. The molecule has 5 nitrogen and oxygen atoms in total. The van der Waals surface area contributed by atoms with Gasteiger partial charge < -0.3 is 9.64 Å². The number of carbonyl (C=O) groups is 1. The number of halogens is 2. The van der Waals surface area contributed by atoms with Crippen LogP contribution in [0.3, 0.4) is 0 Å². The molecule has 1 amide bonds. The SMILES string of the molecule is Cc1ccc(OCC(=O)N(CCN(C)C)c2nc3c(F)cc(F)cc3s2)cc1. The van der Waals surface area contributed by atoms with Gasteiger partial charge in [0.05, 0.1) is 4.70 Å². The molecule has 148 valence electrons. The van der Waals surface area contributed by atoms with E-state index in [-0.39, 0.29) is 18.0 Å². The molecular weight excluding hydrogens is 384 g/mol. The van der Waals surface area contributed by atoms with Crippen LogP contribution < -0.4 is 9.64 Å². The number of fused-ring (bicyclic) bond motifs is 1. The monoisotopic (exact) mass is 405 g/mol. The summed E-state index contributed by atoms with van der Waals surface area (Å²) >= 11 is 1.08. The van der Waals surface area contributed by atoms with Gasteiger partial charge in [0.1, 0.15) is 17.1 Å². The Morgan fingerprint density at radius 2 is 1.86 bits per heavy atom. The van der Waals surface area contributed by atoms with Gasteiger partial charge in [-0.2, -0.15) is 0 Å². The summed E-state index contributed by atoms with van der Waals surface area (Å²) in [5.74, 6) is -1.13. The Labute approximate surface area is 166 Å². The molecule has 0 aliphatic heterocycles. The molecule has 0 spiro atoms. The highest BCUT2D eigenvalue weighted by molar-refractivity contribution is 7.22. The third kappa shape index (κ3) is 4.82. The lowest BCUT2D eigenvalue weighted by Crippen LogP contribution is -2.39. The third-order valence-corrected chi connectivity index (χ3v) is 5.11. The zero-order valence-electron chi connectivity index (χ0n) is 15.9. The van der Waals surface area contributed by atoms with Crippen LogP contribution in [0, 0.1) is 18.6 Å². The van der Waals surface area contributed by atoms with Crippen molar-refractivity contribution in [3.05, 3.63) is 53.6 Å². The van der Waals surface area contributed by atoms with Gasteiger partial charge in [-0.15, -0.1) is 0 Å². The lowest BCUT2D eigenvalue weighted by atomic mass is 10.2. The average Bonchev–Trinajstić information content (AvgIpc) is 3.05. The van der Waals surface area contributed by atoms with Crippen molar-refractivity contribution in [2.45, 2.75) is 6.92 Å². The number of nitrogens with zero attached hydrogens (tertiary/aromatic N) is 3. The van der Waals surface area contributed by atoms with Crippen LogP contribution in [0.15, 0.2) is 36.4 Å². The molecule has 3 aromatic rings. The summed E-state index contributed by atoms with van der Waals surface area (Å²) < 4.78 is 33.4.